The van der Waals surface area contributed by atoms with Crippen LogP contribution in [0.2, 0.25) is 0 Å². The van der Waals surface area contributed by atoms with Crippen molar-refractivity contribution >= 4 is 5.97 Å². The highest BCUT2D eigenvalue weighted by atomic mass is 16.4. The molecule has 17 heavy (non-hydrogen) atoms. The summed E-state index contributed by atoms with van der Waals surface area (Å²) in [4.78, 5) is 11.2. The predicted octanol–water partition coefficient (Wildman–Crippen LogP) is 1.27. The van der Waals surface area contributed by atoms with E-state index in [1.165, 1.54) is 0 Å². The van der Waals surface area contributed by atoms with Crippen LogP contribution in [0.25, 0.3) is 0 Å². The molecular weight excluding hydrogens is 216 g/mol. The topological polar surface area (TPSA) is 75.3 Å². The van der Waals surface area contributed by atoms with Crippen molar-refractivity contribution in [3.63, 3.8) is 0 Å². The van der Waals surface area contributed by atoms with Gasteiger partial charge in [0, 0.05) is 12.6 Å². The number of piperidine rings is 1. The van der Waals surface area contributed by atoms with Gasteiger partial charge in [0.15, 0.2) is 0 Å². The zero-order chi connectivity index (χ0) is 12.3. The van der Waals surface area contributed by atoms with Crippen molar-refractivity contribution in [1.82, 2.24) is 5.32 Å². The summed E-state index contributed by atoms with van der Waals surface area (Å²) in [5.41, 5.74) is 7.65. The van der Waals surface area contributed by atoms with Crippen LogP contribution in [0.5, 0.6) is 0 Å². The maximum Gasteiger partial charge on any atom is 0.308 e. The quantitative estimate of drug-likeness (QED) is 0.736. The van der Waals surface area contributed by atoms with Crippen LogP contribution in [0.4, 0.5) is 0 Å². The van der Waals surface area contributed by atoms with Crippen LogP contribution in [-0.2, 0) is 11.3 Å². The van der Waals surface area contributed by atoms with Crippen LogP contribution < -0.4 is 11.1 Å². The Kier molecular flexibility index (Phi) is 3.76. The van der Waals surface area contributed by atoms with E-state index in [-0.39, 0.29) is 12.0 Å². The van der Waals surface area contributed by atoms with Crippen molar-refractivity contribution in [2.24, 2.45) is 11.7 Å². The number of carbonyl (C=O) groups is 1. The molecule has 4 heteroatoms. The van der Waals surface area contributed by atoms with Crippen molar-refractivity contribution < 1.29 is 9.90 Å². The van der Waals surface area contributed by atoms with E-state index in [9.17, 15) is 9.90 Å². The molecule has 2 atom stereocenters. The average molecular weight is 234 g/mol. The zero-order valence-electron chi connectivity index (χ0n) is 9.73. The van der Waals surface area contributed by atoms with Gasteiger partial charge >= 0.3 is 5.97 Å². The third-order valence-corrected chi connectivity index (χ3v) is 3.35. The van der Waals surface area contributed by atoms with E-state index in [0.717, 1.165) is 30.5 Å². The molecule has 0 radical (unpaired) electrons. The Morgan fingerprint density at radius 1 is 1.41 bits per heavy atom. The van der Waals surface area contributed by atoms with Crippen LogP contribution in [0.15, 0.2) is 24.3 Å². The molecule has 92 valence electrons. The molecule has 4 N–H and O–H groups in total. The summed E-state index contributed by atoms with van der Waals surface area (Å²) in [5.74, 6) is -1.04. The molecular formula is C13H18N2O2. The van der Waals surface area contributed by atoms with E-state index in [2.05, 4.69) is 5.32 Å². The summed E-state index contributed by atoms with van der Waals surface area (Å²) in [6.45, 7) is 1.40. The molecule has 2 rings (SSSR count). The van der Waals surface area contributed by atoms with Gasteiger partial charge in [-0.2, -0.15) is 0 Å². The van der Waals surface area contributed by atoms with Gasteiger partial charge in [-0.05, 0) is 30.5 Å². The number of carboxylic acids is 1. The van der Waals surface area contributed by atoms with Gasteiger partial charge in [-0.25, -0.2) is 0 Å². The lowest BCUT2D eigenvalue weighted by Crippen LogP contribution is -2.38. The predicted molar refractivity (Wildman–Crippen MR) is 65.4 cm³/mol. The Bertz CT molecular complexity index is 389. The Labute approximate surface area is 101 Å². The first-order valence-corrected chi connectivity index (χ1v) is 5.97. The standard InChI is InChI=1S/C13H18N2O2/c14-8-9-3-5-10(6-4-9)12-11(13(16)17)2-1-7-15-12/h3-6,11-12,15H,1-2,7-8,14H2,(H,16,17). The van der Waals surface area contributed by atoms with E-state index in [1.54, 1.807) is 0 Å². The molecule has 0 saturated carbocycles. The maximum absolute atomic E-state index is 11.2. The number of aliphatic carboxylic acids is 1. The van der Waals surface area contributed by atoms with Gasteiger partial charge in [0.1, 0.15) is 0 Å². The van der Waals surface area contributed by atoms with Crippen molar-refractivity contribution in [2.75, 3.05) is 6.54 Å². The van der Waals surface area contributed by atoms with Gasteiger partial charge in [-0.3, -0.25) is 4.79 Å². The first-order chi connectivity index (χ1) is 8.22. The molecule has 2 unspecified atom stereocenters. The molecule has 0 amide bonds. The second-order valence-corrected chi connectivity index (χ2v) is 4.46. The second kappa shape index (κ2) is 5.29. The van der Waals surface area contributed by atoms with Crippen molar-refractivity contribution in [3.05, 3.63) is 35.4 Å². The molecule has 1 fully saturated rings. The van der Waals surface area contributed by atoms with Gasteiger partial charge in [0.05, 0.1) is 5.92 Å². The highest BCUT2D eigenvalue weighted by Crippen LogP contribution is 2.29. The SMILES string of the molecule is NCc1ccc(C2NCCCC2C(=O)O)cc1. The molecule has 4 nitrogen and oxygen atoms in total. The van der Waals surface area contributed by atoms with E-state index in [0.29, 0.717) is 6.54 Å². The number of hydrogen-bond donors (Lipinski definition) is 3. The number of carboxylic acid groups (broad SMARTS) is 1. The Balaban J connectivity index is 2.20. The molecule has 0 aliphatic carbocycles. The lowest BCUT2D eigenvalue weighted by Gasteiger charge is -2.30. The first kappa shape index (κ1) is 12.1. The number of hydrogen-bond acceptors (Lipinski definition) is 3. The van der Waals surface area contributed by atoms with Crippen LogP contribution >= 0.6 is 0 Å². The van der Waals surface area contributed by atoms with Crippen molar-refractivity contribution in [3.8, 4) is 0 Å². The maximum atomic E-state index is 11.2. The van der Waals surface area contributed by atoms with Gasteiger partial charge in [-0.15, -0.1) is 0 Å². The smallest absolute Gasteiger partial charge is 0.308 e. The minimum absolute atomic E-state index is 0.0759. The van der Waals surface area contributed by atoms with E-state index >= 15 is 0 Å². The highest BCUT2D eigenvalue weighted by Gasteiger charge is 2.31. The number of rotatable bonds is 3. The zero-order valence-corrected chi connectivity index (χ0v) is 9.73. The van der Waals surface area contributed by atoms with Gasteiger partial charge in [-0.1, -0.05) is 24.3 Å². The van der Waals surface area contributed by atoms with Gasteiger partial charge < -0.3 is 16.2 Å². The molecule has 0 spiro atoms. The summed E-state index contributed by atoms with van der Waals surface area (Å²) in [7, 11) is 0. The fourth-order valence-corrected chi connectivity index (χ4v) is 2.37. The third kappa shape index (κ3) is 2.65. The van der Waals surface area contributed by atoms with Crippen LogP contribution in [0.1, 0.15) is 30.0 Å². The van der Waals surface area contributed by atoms with Crippen LogP contribution in [0, 0.1) is 5.92 Å². The molecule has 1 aliphatic rings. The minimum Gasteiger partial charge on any atom is -0.481 e. The Morgan fingerprint density at radius 3 is 2.71 bits per heavy atom. The molecule has 1 aromatic carbocycles. The normalized spacial score (nSPS) is 24.5. The molecule has 0 aromatic heterocycles. The monoisotopic (exact) mass is 234 g/mol. The largest absolute Gasteiger partial charge is 0.481 e. The minimum atomic E-state index is -0.717. The molecule has 0 bridgehead atoms. The lowest BCUT2D eigenvalue weighted by molar-refractivity contribution is -0.143. The summed E-state index contributed by atoms with van der Waals surface area (Å²) in [6.07, 6.45) is 1.67. The average Bonchev–Trinajstić information content (AvgIpc) is 2.39. The molecule has 1 aliphatic heterocycles. The molecule has 1 heterocycles. The number of benzene rings is 1. The Morgan fingerprint density at radius 2 is 2.12 bits per heavy atom. The highest BCUT2D eigenvalue weighted by molar-refractivity contribution is 5.71. The number of nitrogens with one attached hydrogen (secondary N) is 1. The molecule has 1 saturated heterocycles. The summed E-state index contributed by atoms with van der Waals surface area (Å²) in [5, 5.41) is 12.5. The third-order valence-electron chi connectivity index (χ3n) is 3.35. The first-order valence-electron chi connectivity index (χ1n) is 5.97. The van der Waals surface area contributed by atoms with E-state index < -0.39 is 5.97 Å². The van der Waals surface area contributed by atoms with E-state index in [4.69, 9.17) is 5.73 Å². The lowest BCUT2D eigenvalue weighted by atomic mass is 9.86. The second-order valence-electron chi connectivity index (χ2n) is 4.46. The molecule has 1 aromatic rings. The van der Waals surface area contributed by atoms with Crippen LogP contribution in [-0.4, -0.2) is 17.6 Å². The summed E-state index contributed by atoms with van der Waals surface area (Å²) < 4.78 is 0. The Hall–Kier alpha value is -1.39. The fraction of sp³-hybridized carbons (Fsp3) is 0.462. The van der Waals surface area contributed by atoms with Gasteiger partial charge in [0.2, 0.25) is 0 Å². The van der Waals surface area contributed by atoms with Gasteiger partial charge in [0.25, 0.3) is 0 Å². The van der Waals surface area contributed by atoms with Crippen molar-refractivity contribution in [2.45, 2.75) is 25.4 Å². The summed E-state index contributed by atoms with van der Waals surface area (Å²) in [6, 6.07) is 7.80. The van der Waals surface area contributed by atoms with Crippen molar-refractivity contribution in [1.29, 1.82) is 0 Å². The van der Waals surface area contributed by atoms with Crippen LogP contribution in [0.3, 0.4) is 0 Å². The summed E-state index contributed by atoms with van der Waals surface area (Å²) >= 11 is 0. The number of nitrogens with two attached hydrogens (primary N) is 1. The van der Waals surface area contributed by atoms with E-state index in [1.807, 2.05) is 24.3 Å². The fourth-order valence-electron chi connectivity index (χ4n) is 2.37.